The van der Waals surface area contributed by atoms with Gasteiger partial charge in [0.1, 0.15) is 0 Å². The van der Waals surface area contributed by atoms with Crippen LogP contribution in [0.25, 0.3) is 0 Å². The van der Waals surface area contributed by atoms with Gasteiger partial charge in [-0.1, -0.05) is 11.6 Å². The lowest BCUT2D eigenvalue weighted by Crippen LogP contribution is -2.38. The highest BCUT2D eigenvalue weighted by atomic mass is 32.2. The summed E-state index contributed by atoms with van der Waals surface area (Å²) < 4.78 is 5.32. The largest absolute Gasteiger partial charge is 0.339 e. The molecular weight excluding hydrogens is 210 g/mol. The van der Waals surface area contributed by atoms with Crippen LogP contribution in [-0.4, -0.2) is 22.4 Å². The van der Waals surface area contributed by atoms with E-state index in [1.165, 1.54) is 0 Å². The fraction of sp³-hybridized carbons (Fsp3) is 0.800. The third kappa shape index (κ3) is 1.90. The molecule has 15 heavy (non-hydrogen) atoms. The first-order valence-electron chi connectivity index (χ1n) is 5.24. The van der Waals surface area contributed by atoms with Gasteiger partial charge in [0.05, 0.1) is 11.2 Å². The lowest BCUT2D eigenvalue weighted by Gasteiger charge is -2.23. The molecule has 1 aliphatic rings. The second-order valence-electron chi connectivity index (χ2n) is 4.36. The Morgan fingerprint density at radius 2 is 2.47 bits per heavy atom. The zero-order valence-corrected chi connectivity index (χ0v) is 10.0. The van der Waals surface area contributed by atoms with E-state index in [1.54, 1.807) is 11.8 Å². The second-order valence-corrected chi connectivity index (χ2v) is 5.23. The molecule has 0 amide bonds. The van der Waals surface area contributed by atoms with E-state index in [-0.39, 0.29) is 11.5 Å². The minimum atomic E-state index is -0.107. The summed E-state index contributed by atoms with van der Waals surface area (Å²) >= 11 is 1.69. The van der Waals surface area contributed by atoms with Crippen molar-refractivity contribution in [3.8, 4) is 0 Å². The first kappa shape index (κ1) is 11.0. The van der Waals surface area contributed by atoms with Crippen molar-refractivity contribution >= 4 is 11.8 Å². The monoisotopic (exact) mass is 227 g/mol. The van der Waals surface area contributed by atoms with Crippen LogP contribution < -0.4 is 5.73 Å². The highest BCUT2D eigenvalue weighted by Gasteiger charge is 2.42. The molecule has 0 bridgehead atoms. The van der Waals surface area contributed by atoms with E-state index >= 15 is 0 Å². The molecule has 1 aromatic rings. The smallest absolute Gasteiger partial charge is 0.234 e. The van der Waals surface area contributed by atoms with Gasteiger partial charge in [0, 0.05) is 6.04 Å². The summed E-state index contributed by atoms with van der Waals surface area (Å²) in [6, 6.07) is 0.153. The third-order valence-corrected chi connectivity index (χ3v) is 3.81. The van der Waals surface area contributed by atoms with Crippen molar-refractivity contribution in [1.82, 2.24) is 10.1 Å². The Labute approximate surface area is 94.0 Å². The maximum Gasteiger partial charge on any atom is 0.234 e. The quantitative estimate of drug-likeness (QED) is 0.851. The molecule has 0 aromatic carbocycles. The van der Waals surface area contributed by atoms with Crippen molar-refractivity contribution in [2.24, 2.45) is 5.73 Å². The average molecular weight is 227 g/mol. The second kappa shape index (κ2) is 4.14. The van der Waals surface area contributed by atoms with E-state index in [0.29, 0.717) is 0 Å². The predicted molar refractivity (Wildman–Crippen MR) is 60.7 cm³/mol. The minimum Gasteiger partial charge on any atom is -0.339 e. The molecule has 1 fully saturated rings. The van der Waals surface area contributed by atoms with Gasteiger partial charge in [-0.15, -0.1) is 0 Å². The van der Waals surface area contributed by atoms with Crippen LogP contribution in [0, 0.1) is 0 Å². The van der Waals surface area contributed by atoms with Crippen LogP contribution in [0.5, 0.6) is 0 Å². The van der Waals surface area contributed by atoms with E-state index in [1.807, 2.05) is 6.26 Å². The number of thioether (sulfide) groups is 1. The SMILES string of the molecule is CSCc1noc(C2(C)CCCC2N)n1. The van der Waals surface area contributed by atoms with E-state index in [9.17, 15) is 0 Å². The maximum atomic E-state index is 6.10. The summed E-state index contributed by atoms with van der Waals surface area (Å²) in [7, 11) is 0. The molecule has 0 spiro atoms. The van der Waals surface area contributed by atoms with Crippen LogP contribution in [0.15, 0.2) is 4.52 Å². The van der Waals surface area contributed by atoms with Gasteiger partial charge < -0.3 is 10.3 Å². The van der Waals surface area contributed by atoms with Crippen molar-refractivity contribution in [3.63, 3.8) is 0 Å². The van der Waals surface area contributed by atoms with Gasteiger partial charge in [-0.3, -0.25) is 0 Å². The highest BCUT2D eigenvalue weighted by Crippen LogP contribution is 2.38. The van der Waals surface area contributed by atoms with Gasteiger partial charge in [0.2, 0.25) is 5.89 Å². The molecule has 1 aromatic heterocycles. The molecule has 5 heteroatoms. The molecule has 1 heterocycles. The van der Waals surface area contributed by atoms with Crippen LogP contribution in [-0.2, 0) is 11.2 Å². The number of hydrogen-bond acceptors (Lipinski definition) is 5. The van der Waals surface area contributed by atoms with Crippen molar-refractivity contribution in [1.29, 1.82) is 0 Å². The summed E-state index contributed by atoms with van der Waals surface area (Å²) in [5, 5.41) is 3.97. The Kier molecular flexibility index (Phi) is 3.02. The summed E-state index contributed by atoms with van der Waals surface area (Å²) in [4.78, 5) is 4.43. The zero-order chi connectivity index (χ0) is 10.9. The summed E-state index contributed by atoms with van der Waals surface area (Å²) in [5.41, 5.74) is 5.99. The molecule has 1 aliphatic carbocycles. The van der Waals surface area contributed by atoms with Gasteiger partial charge in [-0.05, 0) is 26.0 Å². The Balaban J connectivity index is 2.21. The molecular formula is C10H17N3OS. The van der Waals surface area contributed by atoms with E-state index in [4.69, 9.17) is 10.3 Å². The molecule has 84 valence electrons. The lowest BCUT2D eigenvalue weighted by molar-refractivity contribution is 0.277. The summed E-state index contributed by atoms with van der Waals surface area (Å²) in [6.07, 6.45) is 5.28. The van der Waals surface area contributed by atoms with Gasteiger partial charge in [-0.25, -0.2) is 0 Å². The predicted octanol–water partition coefficient (Wildman–Crippen LogP) is 1.70. The van der Waals surface area contributed by atoms with Crippen LogP contribution in [0.4, 0.5) is 0 Å². The van der Waals surface area contributed by atoms with Gasteiger partial charge >= 0.3 is 0 Å². The highest BCUT2D eigenvalue weighted by molar-refractivity contribution is 7.97. The normalized spacial score (nSPS) is 31.0. The van der Waals surface area contributed by atoms with Crippen LogP contribution >= 0.6 is 11.8 Å². The van der Waals surface area contributed by atoms with Crippen molar-refractivity contribution in [3.05, 3.63) is 11.7 Å². The Morgan fingerprint density at radius 3 is 3.07 bits per heavy atom. The molecule has 2 rings (SSSR count). The van der Waals surface area contributed by atoms with E-state index in [0.717, 1.165) is 36.7 Å². The van der Waals surface area contributed by atoms with Gasteiger partial charge in [0.15, 0.2) is 5.82 Å². The number of aromatic nitrogens is 2. The number of nitrogens with zero attached hydrogens (tertiary/aromatic N) is 2. The third-order valence-electron chi connectivity index (χ3n) is 3.26. The maximum absolute atomic E-state index is 6.10. The van der Waals surface area contributed by atoms with E-state index < -0.39 is 0 Å². The van der Waals surface area contributed by atoms with Crippen molar-refractivity contribution < 1.29 is 4.52 Å². The fourth-order valence-corrected chi connectivity index (χ4v) is 2.51. The molecule has 1 saturated carbocycles. The number of nitrogens with two attached hydrogens (primary N) is 1. The minimum absolute atomic E-state index is 0.107. The number of hydrogen-bond donors (Lipinski definition) is 1. The fourth-order valence-electron chi connectivity index (χ4n) is 2.13. The lowest BCUT2D eigenvalue weighted by atomic mass is 9.85. The molecule has 0 saturated heterocycles. The molecule has 2 N–H and O–H groups in total. The summed E-state index contributed by atoms with van der Waals surface area (Å²) in [5.74, 6) is 2.30. The Morgan fingerprint density at radius 1 is 1.67 bits per heavy atom. The number of rotatable bonds is 3. The first-order chi connectivity index (χ1) is 7.16. The first-order valence-corrected chi connectivity index (χ1v) is 6.64. The van der Waals surface area contributed by atoms with Crippen LogP contribution in [0.3, 0.4) is 0 Å². The molecule has 0 radical (unpaired) electrons. The van der Waals surface area contributed by atoms with Crippen molar-refractivity contribution in [2.45, 2.75) is 43.4 Å². The zero-order valence-electron chi connectivity index (χ0n) is 9.19. The summed E-state index contributed by atoms with van der Waals surface area (Å²) in [6.45, 7) is 2.13. The van der Waals surface area contributed by atoms with Crippen LogP contribution in [0.2, 0.25) is 0 Å². The standard InChI is InChI=1S/C10H17N3OS/c1-10(5-3-4-7(10)11)9-12-8(6-15-2)13-14-9/h7H,3-6,11H2,1-2H3. The van der Waals surface area contributed by atoms with Crippen LogP contribution in [0.1, 0.15) is 37.9 Å². The molecule has 2 atom stereocenters. The molecule has 0 aliphatic heterocycles. The Hall–Kier alpha value is -0.550. The molecule has 4 nitrogen and oxygen atoms in total. The van der Waals surface area contributed by atoms with Gasteiger partial charge in [0.25, 0.3) is 0 Å². The Bertz CT molecular complexity index is 341. The van der Waals surface area contributed by atoms with E-state index in [2.05, 4.69) is 17.1 Å². The average Bonchev–Trinajstić information content (AvgIpc) is 2.77. The molecule has 2 unspecified atom stereocenters. The topological polar surface area (TPSA) is 64.9 Å². The van der Waals surface area contributed by atoms with Crippen molar-refractivity contribution in [2.75, 3.05) is 6.26 Å². The van der Waals surface area contributed by atoms with Gasteiger partial charge in [-0.2, -0.15) is 16.7 Å².